The molecule has 3 nitrogen and oxygen atoms in total. The summed E-state index contributed by atoms with van der Waals surface area (Å²) in [5, 5.41) is 0. The molecule has 0 aromatic rings. The molecule has 0 saturated carbocycles. The van der Waals surface area contributed by atoms with E-state index < -0.39 is 0 Å². The van der Waals surface area contributed by atoms with Gasteiger partial charge < -0.3 is 9.64 Å². The lowest BCUT2D eigenvalue weighted by Gasteiger charge is -2.36. The van der Waals surface area contributed by atoms with E-state index in [2.05, 4.69) is 13.8 Å². The van der Waals surface area contributed by atoms with Crippen LogP contribution in [0.1, 0.15) is 33.1 Å². The number of ether oxygens (including phenoxy) is 1. The van der Waals surface area contributed by atoms with E-state index in [9.17, 15) is 4.79 Å². The first-order chi connectivity index (χ1) is 6.19. The van der Waals surface area contributed by atoms with Gasteiger partial charge in [-0.3, -0.25) is 0 Å². The normalized spacial score (nSPS) is 28.7. The summed E-state index contributed by atoms with van der Waals surface area (Å²) in [4.78, 5) is 13.2. The summed E-state index contributed by atoms with van der Waals surface area (Å²) >= 11 is 0. The molecule has 0 aliphatic carbocycles. The molecular weight excluding hydrogens is 166 g/mol. The number of methoxy groups -OCH3 is 1. The van der Waals surface area contributed by atoms with Gasteiger partial charge in [-0.15, -0.1) is 0 Å². The van der Waals surface area contributed by atoms with Crippen LogP contribution in [0.4, 0.5) is 4.79 Å². The van der Waals surface area contributed by atoms with Crippen molar-refractivity contribution in [1.29, 1.82) is 0 Å². The van der Waals surface area contributed by atoms with Gasteiger partial charge >= 0.3 is 6.09 Å². The lowest BCUT2D eigenvalue weighted by Crippen LogP contribution is -2.45. The fourth-order valence-corrected chi connectivity index (χ4v) is 1.89. The fraction of sp³-hybridized carbons (Fsp3) is 0.900. The largest absolute Gasteiger partial charge is 0.453 e. The Morgan fingerprint density at radius 2 is 2.23 bits per heavy atom. The first kappa shape index (κ1) is 10.4. The molecule has 2 unspecified atom stereocenters. The molecule has 76 valence electrons. The van der Waals surface area contributed by atoms with E-state index in [4.69, 9.17) is 4.74 Å². The van der Waals surface area contributed by atoms with E-state index in [0.29, 0.717) is 12.0 Å². The van der Waals surface area contributed by atoms with Crippen molar-refractivity contribution >= 4 is 6.09 Å². The summed E-state index contributed by atoms with van der Waals surface area (Å²) in [6, 6.07) is 0.343. The van der Waals surface area contributed by atoms with Gasteiger partial charge in [-0.2, -0.15) is 0 Å². The minimum atomic E-state index is -0.175. The smallest absolute Gasteiger partial charge is 0.409 e. The molecule has 1 heterocycles. The van der Waals surface area contributed by atoms with Gasteiger partial charge in [-0.05, 0) is 25.7 Å². The highest BCUT2D eigenvalue weighted by atomic mass is 16.5. The molecule has 13 heavy (non-hydrogen) atoms. The summed E-state index contributed by atoms with van der Waals surface area (Å²) in [5.74, 6) is 0.662. The zero-order valence-electron chi connectivity index (χ0n) is 8.75. The lowest BCUT2D eigenvalue weighted by molar-refractivity contribution is 0.0772. The van der Waals surface area contributed by atoms with E-state index >= 15 is 0 Å². The summed E-state index contributed by atoms with van der Waals surface area (Å²) in [7, 11) is 1.45. The second kappa shape index (κ2) is 4.49. The van der Waals surface area contributed by atoms with Crippen molar-refractivity contribution in [3.05, 3.63) is 0 Å². The quantitative estimate of drug-likeness (QED) is 0.627. The average molecular weight is 185 g/mol. The van der Waals surface area contributed by atoms with Crippen LogP contribution < -0.4 is 0 Å². The number of rotatable bonds is 1. The number of carbonyl (C=O) groups excluding carboxylic acids is 1. The number of hydrogen-bond acceptors (Lipinski definition) is 2. The second-order valence-corrected chi connectivity index (χ2v) is 3.82. The topological polar surface area (TPSA) is 29.5 Å². The first-order valence-electron chi connectivity index (χ1n) is 5.03. The number of hydrogen-bond donors (Lipinski definition) is 0. The van der Waals surface area contributed by atoms with Crippen LogP contribution in [0.25, 0.3) is 0 Å². The fourth-order valence-electron chi connectivity index (χ4n) is 1.89. The summed E-state index contributed by atoms with van der Waals surface area (Å²) in [5.41, 5.74) is 0. The maximum Gasteiger partial charge on any atom is 0.409 e. The number of piperidine rings is 1. The predicted octanol–water partition coefficient (Wildman–Crippen LogP) is 2.26. The van der Waals surface area contributed by atoms with Gasteiger partial charge in [-0.25, -0.2) is 4.79 Å². The third-order valence-electron chi connectivity index (χ3n) is 2.97. The predicted molar refractivity (Wildman–Crippen MR) is 51.6 cm³/mol. The van der Waals surface area contributed by atoms with Gasteiger partial charge in [0.25, 0.3) is 0 Å². The Morgan fingerprint density at radius 3 is 2.77 bits per heavy atom. The molecule has 0 aromatic carbocycles. The first-order valence-corrected chi connectivity index (χ1v) is 5.03. The van der Waals surface area contributed by atoms with Crippen LogP contribution in [0.5, 0.6) is 0 Å². The number of nitrogens with zero attached hydrogens (tertiary/aromatic N) is 1. The maximum atomic E-state index is 11.3. The van der Waals surface area contributed by atoms with Gasteiger partial charge in [0.15, 0.2) is 0 Å². The summed E-state index contributed by atoms with van der Waals surface area (Å²) in [6.07, 6.45) is 3.32. The summed E-state index contributed by atoms with van der Waals surface area (Å²) in [6.45, 7) is 5.13. The van der Waals surface area contributed by atoms with E-state index in [1.165, 1.54) is 13.5 Å². The Morgan fingerprint density at radius 1 is 1.54 bits per heavy atom. The third kappa shape index (κ3) is 2.36. The van der Waals surface area contributed by atoms with Gasteiger partial charge in [0.2, 0.25) is 0 Å². The van der Waals surface area contributed by atoms with Crippen molar-refractivity contribution in [1.82, 2.24) is 4.90 Å². The Bertz CT molecular complexity index is 182. The molecule has 3 heteroatoms. The van der Waals surface area contributed by atoms with Crippen molar-refractivity contribution in [2.75, 3.05) is 13.7 Å². The van der Waals surface area contributed by atoms with Gasteiger partial charge in [0.05, 0.1) is 7.11 Å². The monoisotopic (exact) mass is 185 g/mol. The highest BCUT2D eigenvalue weighted by molar-refractivity contribution is 5.67. The van der Waals surface area contributed by atoms with Crippen LogP contribution >= 0.6 is 0 Å². The van der Waals surface area contributed by atoms with Crippen LogP contribution in [0, 0.1) is 5.92 Å². The van der Waals surface area contributed by atoms with Gasteiger partial charge in [-0.1, -0.05) is 13.3 Å². The number of amides is 1. The highest BCUT2D eigenvalue weighted by Crippen LogP contribution is 2.24. The van der Waals surface area contributed by atoms with Crippen LogP contribution in [0.2, 0.25) is 0 Å². The highest BCUT2D eigenvalue weighted by Gasteiger charge is 2.28. The van der Waals surface area contributed by atoms with Crippen molar-refractivity contribution < 1.29 is 9.53 Å². The van der Waals surface area contributed by atoms with Crippen molar-refractivity contribution in [3.63, 3.8) is 0 Å². The van der Waals surface area contributed by atoms with Crippen molar-refractivity contribution in [2.24, 2.45) is 5.92 Å². The molecule has 1 rings (SSSR count). The molecule has 0 N–H and O–H groups in total. The van der Waals surface area contributed by atoms with Crippen LogP contribution in [-0.2, 0) is 4.74 Å². The summed E-state index contributed by atoms with van der Waals surface area (Å²) < 4.78 is 4.74. The van der Waals surface area contributed by atoms with Crippen LogP contribution in [-0.4, -0.2) is 30.7 Å². The minimum absolute atomic E-state index is 0.175. The van der Waals surface area contributed by atoms with E-state index in [-0.39, 0.29) is 6.09 Å². The molecule has 1 amide bonds. The Balaban J connectivity index is 2.54. The van der Waals surface area contributed by atoms with Crippen molar-refractivity contribution in [2.45, 2.75) is 39.2 Å². The molecular formula is C10H19NO2. The molecule has 0 spiro atoms. The van der Waals surface area contributed by atoms with E-state index in [0.717, 1.165) is 19.4 Å². The number of carbonyl (C=O) groups is 1. The number of likely N-dealkylation sites (tertiary alicyclic amines) is 1. The molecule has 0 radical (unpaired) electrons. The van der Waals surface area contributed by atoms with E-state index in [1.807, 2.05) is 4.90 Å². The zero-order chi connectivity index (χ0) is 9.84. The maximum absolute atomic E-state index is 11.3. The Labute approximate surface area is 80.1 Å². The third-order valence-corrected chi connectivity index (χ3v) is 2.97. The second-order valence-electron chi connectivity index (χ2n) is 3.82. The lowest BCUT2D eigenvalue weighted by atomic mass is 9.92. The average Bonchev–Trinajstić information content (AvgIpc) is 2.17. The molecule has 1 aliphatic rings. The molecule has 0 bridgehead atoms. The van der Waals surface area contributed by atoms with Gasteiger partial charge in [0, 0.05) is 12.6 Å². The standard InChI is InChI=1S/C10H19NO2/c1-4-9-6-5-8(2)11(7-9)10(12)13-3/h8-9H,4-7H2,1-3H3. The van der Waals surface area contributed by atoms with Crippen molar-refractivity contribution in [3.8, 4) is 0 Å². The SMILES string of the molecule is CCC1CCC(C)N(C(=O)OC)C1. The van der Waals surface area contributed by atoms with Gasteiger partial charge in [0.1, 0.15) is 0 Å². The molecule has 1 saturated heterocycles. The Hall–Kier alpha value is -0.730. The zero-order valence-corrected chi connectivity index (χ0v) is 8.75. The van der Waals surface area contributed by atoms with E-state index in [1.54, 1.807) is 0 Å². The molecule has 1 aliphatic heterocycles. The molecule has 0 aromatic heterocycles. The van der Waals surface area contributed by atoms with Crippen LogP contribution in [0.3, 0.4) is 0 Å². The van der Waals surface area contributed by atoms with Crippen LogP contribution in [0.15, 0.2) is 0 Å². The Kier molecular flexibility index (Phi) is 3.58. The molecule has 2 atom stereocenters. The molecule has 1 fully saturated rings. The minimum Gasteiger partial charge on any atom is -0.453 e.